The lowest BCUT2D eigenvalue weighted by molar-refractivity contribution is 0.00882. The largest absolute Gasteiger partial charge is 0.504 e. The molecule has 0 aliphatic carbocycles. The maximum Gasteiger partial charge on any atom is 0.200 e. The number of unbranched alkanes of at least 4 members (excludes halogenated alkanes) is 1. The molecule has 0 fully saturated rings. The summed E-state index contributed by atoms with van der Waals surface area (Å²) in [5.74, 6) is -1.59. The van der Waals surface area contributed by atoms with Gasteiger partial charge in [-0.25, -0.2) is 0 Å². The van der Waals surface area contributed by atoms with Crippen molar-refractivity contribution in [1.82, 2.24) is 0 Å². The van der Waals surface area contributed by atoms with E-state index in [2.05, 4.69) is 6.92 Å². The van der Waals surface area contributed by atoms with E-state index < -0.39 is 23.9 Å². The number of ether oxygens (including phenoxy) is 4. The zero-order valence-electron chi connectivity index (χ0n) is 15.1. The van der Waals surface area contributed by atoms with E-state index in [4.69, 9.17) is 24.1 Å². The van der Waals surface area contributed by atoms with E-state index in [1.807, 2.05) is 0 Å². The van der Waals surface area contributed by atoms with Gasteiger partial charge in [-0.15, -0.1) is 0 Å². The number of Topliss-reactive ketones (excluding diaryl/α,β-unsaturated/α-hetero) is 1. The van der Waals surface area contributed by atoms with Gasteiger partial charge in [-0.05, 0) is 18.6 Å². The van der Waals surface area contributed by atoms with Gasteiger partial charge >= 0.3 is 0 Å². The van der Waals surface area contributed by atoms with Gasteiger partial charge in [0.1, 0.15) is 13.2 Å². The monoisotopic (exact) mass is 372 g/mol. The second-order valence-electron chi connectivity index (χ2n) is 5.46. The maximum absolute atomic E-state index is 11.5. The first-order valence-electron chi connectivity index (χ1n) is 8.66. The van der Waals surface area contributed by atoms with Crippen molar-refractivity contribution in [3.63, 3.8) is 0 Å². The van der Waals surface area contributed by atoms with Crippen molar-refractivity contribution >= 4 is 5.78 Å². The number of ketones is 1. The molecular formula is C18H28O8. The molecule has 8 heteroatoms. The van der Waals surface area contributed by atoms with Gasteiger partial charge in [0.05, 0.1) is 33.0 Å². The van der Waals surface area contributed by atoms with Crippen LogP contribution in [0.4, 0.5) is 0 Å². The number of aliphatic hydroxyl groups is 1. The molecule has 148 valence electrons. The SMILES string of the molecule is CCCCOCCOCCOCCOc1cc(C(=O)CO)cc(O)c1O. The van der Waals surface area contributed by atoms with Gasteiger partial charge in [0, 0.05) is 12.2 Å². The van der Waals surface area contributed by atoms with Gasteiger partial charge in [0.25, 0.3) is 0 Å². The zero-order valence-corrected chi connectivity index (χ0v) is 15.1. The van der Waals surface area contributed by atoms with E-state index in [1.165, 1.54) is 6.07 Å². The number of hydrogen-bond acceptors (Lipinski definition) is 8. The second kappa shape index (κ2) is 13.3. The molecule has 0 unspecified atom stereocenters. The Hall–Kier alpha value is -1.87. The highest BCUT2D eigenvalue weighted by Gasteiger charge is 2.14. The van der Waals surface area contributed by atoms with Crippen LogP contribution >= 0.6 is 0 Å². The number of benzene rings is 1. The first-order chi connectivity index (χ1) is 12.6. The van der Waals surface area contributed by atoms with Crippen molar-refractivity contribution < 1.29 is 39.1 Å². The van der Waals surface area contributed by atoms with Gasteiger partial charge in [0.2, 0.25) is 5.75 Å². The molecule has 8 nitrogen and oxygen atoms in total. The Morgan fingerprint density at radius 2 is 1.50 bits per heavy atom. The fraction of sp³-hybridized carbons (Fsp3) is 0.611. The van der Waals surface area contributed by atoms with Crippen molar-refractivity contribution in [3.8, 4) is 17.2 Å². The Morgan fingerprint density at radius 3 is 2.08 bits per heavy atom. The molecule has 0 spiro atoms. The minimum atomic E-state index is -0.698. The van der Waals surface area contributed by atoms with E-state index in [0.717, 1.165) is 25.5 Å². The average molecular weight is 372 g/mol. The molecule has 0 saturated carbocycles. The molecule has 0 heterocycles. The molecule has 0 aromatic heterocycles. The van der Waals surface area contributed by atoms with Crippen LogP contribution in [-0.2, 0) is 14.2 Å². The Balaban J connectivity index is 2.16. The molecule has 26 heavy (non-hydrogen) atoms. The van der Waals surface area contributed by atoms with E-state index in [1.54, 1.807) is 0 Å². The Bertz CT molecular complexity index is 532. The quantitative estimate of drug-likeness (QED) is 0.241. The molecule has 1 aromatic carbocycles. The number of carbonyl (C=O) groups excluding carboxylic acids is 1. The summed E-state index contributed by atoms with van der Waals surface area (Å²) in [6.45, 7) is 4.42. The van der Waals surface area contributed by atoms with Crippen molar-refractivity contribution in [2.24, 2.45) is 0 Å². The molecule has 3 N–H and O–H groups in total. The lowest BCUT2D eigenvalue weighted by Gasteiger charge is -2.11. The molecule has 0 bridgehead atoms. The van der Waals surface area contributed by atoms with Gasteiger partial charge < -0.3 is 34.3 Å². The number of aliphatic hydroxyl groups excluding tert-OH is 1. The number of carbonyl (C=O) groups is 1. The highest BCUT2D eigenvalue weighted by atomic mass is 16.6. The summed E-state index contributed by atoms with van der Waals surface area (Å²) in [4.78, 5) is 11.5. The molecule has 0 radical (unpaired) electrons. The summed E-state index contributed by atoms with van der Waals surface area (Å²) in [7, 11) is 0. The number of phenolic OH excluding ortho intramolecular Hbond substituents is 2. The van der Waals surface area contributed by atoms with Crippen LogP contribution in [0, 0.1) is 0 Å². The summed E-state index contributed by atoms with van der Waals surface area (Å²) in [5, 5.41) is 28.2. The van der Waals surface area contributed by atoms with E-state index in [9.17, 15) is 15.0 Å². The van der Waals surface area contributed by atoms with Gasteiger partial charge in [-0.2, -0.15) is 0 Å². The topological polar surface area (TPSA) is 115 Å². The highest BCUT2D eigenvalue weighted by Crippen LogP contribution is 2.36. The van der Waals surface area contributed by atoms with Crippen molar-refractivity contribution in [1.29, 1.82) is 0 Å². The molecular weight excluding hydrogens is 344 g/mol. The molecule has 1 rings (SSSR count). The summed E-state index contributed by atoms with van der Waals surface area (Å²) < 4.78 is 21.3. The van der Waals surface area contributed by atoms with Crippen LogP contribution in [0.1, 0.15) is 30.1 Å². The Kier molecular flexibility index (Phi) is 11.4. The standard InChI is InChI=1S/C18H28O8/c1-2-3-4-23-5-6-24-7-8-25-9-10-26-17-12-14(16(21)13-19)11-15(20)18(17)22/h11-12,19-20,22H,2-10,13H2,1H3. The molecule has 0 saturated heterocycles. The molecule has 0 amide bonds. The maximum atomic E-state index is 11.5. The third-order valence-electron chi connectivity index (χ3n) is 3.39. The highest BCUT2D eigenvalue weighted by molar-refractivity contribution is 5.98. The smallest absolute Gasteiger partial charge is 0.200 e. The second-order valence-corrected chi connectivity index (χ2v) is 5.46. The van der Waals surface area contributed by atoms with Crippen LogP contribution in [-0.4, -0.2) is 74.0 Å². The predicted octanol–water partition coefficient (Wildman–Crippen LogP) is 1.50. The fourth-order valence-corrected chi connectivity index (χ4v) is 1.95. The molecule has 1 aromatic rings. The van der Waals surface area contributed by atoms with Gasteiger partial charge in [0.15, 0.2) is 17.3 Å². The summed E-state index contributed by atoms with van der Waals surface area (Å²) in [6.07, 6.45) is 2.16. The minimum Gasteiger partial charge on any atom is -0.504 e. The van der Waals surface area contributed by atoms with Crippen molar-refractivity contribution in [2.75, 3.05) is 52.9 Å². The van der Waals surface area contributed by atoms with Crippen LogP contribution in [0.2, 0.25) is 0 Å². The van der Waals surface area contributed by atoms with E-state index in [-0.39, 0.29) is 24.5 Å². The third kappa shape index (κ3) is 8.48. The Morgan fingerprint density at radius 1 is 0.923 bits per heavy atom. The van der Waals surface area contributed by atoms with Crippen molar-refractivity contribution in [3.05, 3.63) is 17.7 Å². The van der Waals surface area contributed by atoms with Gasteiger partial charge in [-0.3, -0.25) is 4.79 Å². The van der Waals surface area contributed by atoms with E-state index >= 15 is 0 Å². The first-order valence-corrected chi connectivity index (χ1v) is 8.66. The zero-order chi connectivity index (χ0) is 19.2. The fourth-order valence-electron chi connectivity index (χ4n) is 1.95. The normalized spacial score (nSPS) is 10.8. The molecule has 0 aliphatic rings. The lowest BCUT2D eigenvalue weighted by atomic mass is 10.1. The average Bonchev–Trinajstić information content (AvgIpc) is 2.65. The van der Waals surface area contributed by atoms with Crippen LogP contribution in [0.15, 0.2) is 12.1 Å². The summed E-state index contributed by atoms with van der Waals surface area (Å²) in [5.41, 5.74) is 0.0493. The Labute approximate surface area is 153 Å². The van der Waals surface area contributed by atoms with Crippen molar-refractivity contribution in [2.45, 2.75) is 19.8 Å². The summed E-state index contributed by atoms with van der Waals surface area (Å²) >= 11 is 0. The number of rotatable bonds is 15. The lowest BCUT2D eigenvalue weighted by Crippen LogP contribution is -2.13. The number of hydrogen-bond donors (Lipinski definition) is 3. The van der Waals surface area contributed by atoms with Gasteiger partial charge in [-0.1, -0.05) is 13.3 Å². The van der Waals surface area contributed by atoms with Crippen LogP contribution in [0.5, 0.6) is 17.2 Å². The van der Waals surface area contributed by atoms with Crippen LogP contribution in [0.3, 0.4) is 0 Å². The van der Waals surface area contributed by atoms with Crippen LogP contribution < -0.4 is 4.74 Å². The van der Waals surface area contributed by atoms with Crippen LogP contribution in [0.25, 0.3) is 0 Å². The molecule has 0 atom stereocenters. The molecule has 0 aliphatic heterocycles. The number of aromatic hydroxyl groups is 2. The minimum absolute atomic E-state index is 0.0493. The van der Waals surface area contributed by atoms with E-state index in [0.29, 0.717) is 26.4 Å². The summed E-state index contributed by atoms with van der Waals surface area (Å²) in [6, 6.07) is 2.33. The third-order valence-corrected chi connectivity index (χ3v) is 3.39. The first kappa shape index (κ1) is 22.2. The number of phenols is 2. The predicted molar refractivity (Wildman–Crippen MR) is 94.0 cm³/mol.